The molecule has 12 heteroatoms. The standard InChI is InChI=1S/C15H27N5O6S/c1-7(2)3-9(15(25)26)19-12(22)5-18-14(24)10(6-27)20-13(23)8(16)4-11(17)21/h7-10,27H,3-6,16H2,1-2H3,(H2,17,21)(H,18,24)(H,19,22)(H,20,23)(H,25,26). The number of hydrogen-bond donors (Lipinski definition) is 7. The lowest BCUT2D eigenvalue weighted by Gasteiger charge is -2.19. The normalized spacial score (nSPS) is 14.0. The number of amides is 4. The first-order valence-corrected chi connectivity index (χ1v) is 8.86. The molecule has 0 aromatic carbocycles. The second-order valence-electron chi connectivity index (χ2n) is 6.33. The highest BCUT2D eigenvalue weighted by molar-refractivity contribution is 7.80. The van der Waals surface area contributed by atoms with Crippen LogP contribution in [0.15, 0.2) is 0 Å². The number of rotatable bonds is 12. The van der Waals surface area contributed by atoms with E-state index in [-0.39, 0.29) is 24.5 Å². The van der Waals surface area contributed by atoms with Crippen LogP contribution in [0.4, 0.5) is 0 Å². The topological polar surface area (TPSA) is 194 Å². The van der Waals surface area contributed by atoms with Gasteiger partial charge in [-0.2, -0.15) is 12.6 Å². The smallest absolute Gasteiger partial charge is 0.326 e. The van der Waals surface area contributed by atoms with E-state index in [1.807, 2.05) is 13.8 Å². The number of nitrogens with one attached hydrogen (secondary N) is 3. The van der Waals surface area contributed by atoms with Crippen molar-refractivity contribution >= 4 is 42.2 Å². The molecule has 0 aromatic rings. The van der Waals surface area contributed by atoms with E-state index < -0.39 is 54.3 Å². The molecule has 0 aromatic heterocycles. The minimum Gasteiger partial charge on any atom is -0.480 e. The fourth-order valence-corrected chi connectivity index (χ4v) is 2.27. The Morgan fingerprint density at radius 3 is 2.07 bits per heavy atom. The zero-order valence-electron chi connectivity index (χ0n) is 15.2. The Morgan fingerprint density at radius 1 is 1.04 bits per heavy atom. The largest absolute Gasteiger partial charge is 0.480 e. The van der Waals surface area contributed by atoms with Crippen molar-refractivity contribution in [1.29, 1.82) is 0 Å². The van der Waals surface area contributed by atoms with Gasteiger partial charge in [-0.1, -0.05) is 13.8 Å². The van der Waals surface area contributed by atoms with Gasteiger partial charge in [0.05, 0.1) is 19.0 Å². The Bertz CT molecular complexity index is 571. The van der Waals surface area contributed by atoms with E-state index in [1.165, 1.54) is 0 Å². The van der Waals surface area contributed by atoms with Crippen molar-refractivity contribution in [3.05, 3.63) is 0 Å². The van der Waals surface area contributed by atoms with Crippen LogP contribution in [0.25, 0.3) is 0 Å². The first-order chi connectivity index (χ1) is 12.5. The van der Waals surface area contributed by atoms with E-state index in [2.05, 4.69) is 28.6 Å². The maximum Gasteiger partial charge on any atom is 0.326 e. The third-order valence-corrected chi connectivity index (χ3v) is 3.70. The Balaban J connectivity index is 4.58. The summed E-state index contributed by atoms with van der Waals surface area (Å²) in [5.74, 6) is -4.15. The Labute approximate surface area is 162 Å². The molecule has 8 N–H and O–H groups in total. The van der Waals surface area contributed by atoms with Crippen molar-refractivity contribution < 1.29 is 29.1 Å². The summed E-state index contributed by atoms with van der Waals surface area (Å²) < 4.78 is 0. The minimum atomic E-state index is -1.21. The Kier molecular flexibility index (Phi) is 11.1. The van der Waals surface area contributed by atoms with E-state index in [9.17, 15) is 24.0 Å². The number of carboxylic acids is 1. The number of carbonyl (C=O) groups is 5. The molecule has 0 heterocycles. The fraction of sp³-hybridized carbons (Fsp3) is 0.667. The molecule has 0 spiro atoms. The van der Waals surface area contributed by atoms with Gasteiger partial charge < -0.3 is 32.5 Å². The Hall–Kier alpha value is -2.34. The van der Waals surface area contributed by atoms with Gasteiger partial charge in [-0.25, -0.2) is 4.79 Å². The Morgan fingerprint density at radius 2 is 1.63 bits per heavy atom. The van der Waals surface area contributed by atoms with Crippen LogP contribution in [0.3, 0.4) is 0 Å². The van der Waals surface area contributed by atoms with Gasteiger partial charge in [-0.05, 0) is 12.3 Å². The van der Waals surface area contributed by atoms with E-state index in [1.54, 1.807) is 0 Å². The van der Waals surface area contributed by atoms with Gasteiger partial charge in [-0.3, -0.25) is 19.2 Å². The van der Waals surface area contributed by atoms with Crippen molar-refractivity contribution in [2.24, 2.45) is 17.4 Å². The van der Waals surface area contributed by atoms with Gasteiger partial charge >= 0.3 is 5.97 Å². The second-order valence-corrected chi connectivity index (χ2v) is 6.69. The van der Waals surface area contributed by atoms with Crippen molar-refractivity contribution in [3.8, 4) is 0 Å². The molecule has 0 radical (unpaired) electrons. The quantitative estimate of drug-likeness (QED) is 0.172. The summed E-state index contributed by atoms with van der Waals surface area (Å²) in [5, 5.41) is 16.0. The summed E-state index contributed by atoms with van der Waals surface area (Å²) >= 11 is 3.95. The van der Waals surface area contributed by atoms with Crippen LogP contribution in [-0.4, -0.2) is 65.1 Å². The molecule has 0 bridgehead atoms. The molecule has 0 fully saturated rings. The van der Waals surface area contributed by atoms with Crippen LogP contribution in [0.1, 0.15) is 26.7 Å². The molecule has 0 aliphatic heterocycles. The van der Waals surface area contributed by atoms with Crippen LogP contribution in [0.2, 0.25) is 0 Å². The number of hydrogen-bond acceptors (Lipinski definition) is 7. The predicted octanol–water partition coefficient (Wildman–Crippen LogP) is -2.66. The summed E-state index contributed by atoms with van der Waals surface area (Å²) in [6.45, 7) is 3.15. The average molecular weight is 405 g/mol. The second kappa shape index (κ2) is 12.1. The van der Waals surface area contributed by atoms with Crippen molar-refractivity contribution in [2.75, 3.05) is 12.3 Å². The van der Waals surface area contributed by atoms with Crippen molar-refractivity contribution in [1.82, 2.24) is 16.0 Å². The van der Waals surface area contributed by atoms with Crippen LogP contribution in [-0.2, 0) is 24.0 Å². The molecule has 0 saturated carbocycles. The van der Waals surface area contributed by atoms with Gasteiger partial charge in [-0.15, -0.1) is 0 Å². The highest BCUT2D eigenvalue weighted by Crippen LogP contribution is 2.04. The monoisotopic (exact) mass is 405 g/mol. The van der Waals surface area contributed by atoms with Crippen LogP contribution >= 0.6 is 12.6 Å². The van der Waals surface area contributed by atoms with Crippen molar-refractivity contribution in [2.45, 2.75) is 44.8 Å². The number of primary amides is 1. The summed E-state index contributed by atoms with van der Waals surface area (Å²) in [6, 6.07) is -3.38. The highest BCUT2D eigenvalue weighted by atomic mass is 32.1. The number of aliphatic carboxylic acids is 1. The summed E-state index contributed by atoms with van der Waals surface area (Å²) in [7, 11) is 0. The highest BCUT2D eigenvalue weighted by Gasteiger charge is 2.25. The van der Waals surface area contributed by atoms with Gasteiger partial charge in [0.25, 0.3) is 0 Å². The maximum absolute atomic E-state index is 12.1. The lowest BCUT2D eigenvalue weighted by atomic mass is 10.0. The molecule has 0 rings (SSSR count). The number of carboxylic acid groups (broad SMARTS) is 1. The van der Waals surface area contributed by atoms with E-state index in [0.29, 0.717) is 0 Å². The summed E-state index contributed by atoms with van der Waals surface area (Å²) in [6.07, 6.45) is -0.149. The molecule has 3 unspecified atom stereocenters. The zero-order valence-corrected chi connectivity index (χ0v) is 16.1. The molecule has 0 aliphatic rings. The number of thiol groups is 1. The molecule has 11 nitrogen and oxygen atoms in total. The molecular formula is C15H27N5O6S. The predicted molar refractivity (Wildman–Crippen MR) is 99.6 cm³/mol. The van der Waals surface area contributed by atoms with Gasteiger partial charge in [0.15, 0.2) is 0 Å². The summed E-state index contributed by atoms with van der Waals surface area (Å²) in [5.41, 5.74) is 10.4. The lowest BCUT2D eigenvalue weighted by Crippen LogP contribution is -2.54. The van der Waals surface area contributed by atoms with Gasteiger partial charge in [0.1, 0.15) is 12.1 Å². The third-order valence-electron chi connectivity index (χ3n) is 3.34. The zero-order chi connectivity index (χ0) is 21.1. The first kappa shape index (κ1) is 24.7. The minimum absolute atomic E-state index is 0.0503. The third kappa shape index (κ3) is 10.4. The first-order valence-electron chi connectivity index (χ1n) is 8.22. The van der Waals surface area contributed by atoms with Crippen LogP contribution in [0, 0.1) is 5.92 Å². The molecule has 27 heavy (non-hydrogen) atoms. The molecule has 4 amide bonds. The fourth-order valence-electron chi connectivity index (χ4n) is 2.01. The maximum atomic E-state index is 12.1. The molecular weight excluding hydrogens is 378 g/mol. The lowest BCUT2D eigenvalue weighted by molar-refractivity contribution is -0.142. The molecule has 3 atom stereocenters. The van der Waals surface area contributed by atoms with E-state index >= 15 is 0 Å². The number of carbonyl (C=O) groups excluding carboxylic acids is 4. The van der Waals surface area contributed by atoms with Crippen LogP contribution < -0.4 is 27.4 Å². The van der Waals surface area contributed by atoms with Crippen LogP contribution in [0.5, 0.6) is 0 Å². The SMILES string of the molecule is CC(C)CC(NC(=O)CNC(=O)C(CS)NC(=O)C(N)CC(N)=O)C(=O)O. The van der Waals surface area contributed by atoms with E-state index in [0.717, 1.165) is 0 Å². The van der Waals surface area contributed by atoms with Crippen molar-refractivity contribution in [3.63, 3.8) is 0 Å². The average Bonchev–Trinajstić information content (AvgIpc) is 2.55. The summed E-state index contributed by atoms with van der Waals surface area (Å²) in [4.78, 5) is 57.6. The molecule has 154 valence electrons. The number of nitrogens with two attached hydrogens (primary N) is 2. The van der Waals surface area contributed by atoms with Gasteiger partial charge in [0.2, 0.25) is 23.6 Å². The van der Waals surface area contributed by atoms with Gasteiger partial charge in [0, 0.05) is 5.75 Å². The molecule has 0 saturated heterocycles. The molecule has 0 aliphatic carbocycles. The van der Waals surface area contributed by atoms with E-state index in [4.69, 9.17) is 16.6 Å².